The van der Waals surface area contributed by atoms with Crippen molar-refractivity contribution in [3.8, 4) is 5.75 Å². The van der Waals surface area contributed by atoms with E-state index in [2.05, 4.69) is 0 Å². The van der Waals surface area contributed by atoms with Crippen molar-refractivity contribution in [3.63, 3.8) is 0 Å². The van der Waals surface area contributed by atoms with Gasteiger partial charge < -0.3 is 14.7 Å². The van der Waals surface area contributed by atoms with E-state index in [1.54, 1.807) is 24.1 Å². The molecule has 1 amide bonds. The van der Waals surface area contributed by atoms with E-state index in [4.69, 9.17) is 4.74 Å². The second kappa shape index (κ2) is 6.06. The number of rotatable bonds is 4. The normalized spacial score (nSPS) is 13.1. The van der Waals surface area contributed by atoms with Gasteiger partial charge in [0, 0.05) is 7.05 Å². The molecule has 0 aliphatic heterocycles. The summed E-state index contributed by atoms with van der Waals surface area (Å²) in [6, 6.07) is 6.81. The molecule has 106 valence electrons. The maximum atomic E-state index is 12.0. The summed E-state index contributed by atoms with van der Waals surface area (Å²) < 4.78 is 5.49. The highest BCUT2D eigenvalue weighted by atomic mass is 16.5. The molecule has 1 N–H and O–H groups in total. The van der Waals surface area contributed by atoms with Gasteiger partial charge >= 0.3 is 0 Å². The zero-order valence-electron chi connectivity index (χ0n) is 12.3. The van der Waals surface area contributed by atoms with Gasteiger partial charge in [-0.2, -0.15) is 0 Å². The summed E-state index contributed by atoms with van der Waals surface area (Å²) in [6.07, 6.45) is 0. The predicted molar refractivity (Wildman–Crippen MR) is 75.0 cm³/mol. The van der Waals surface area contributed by atoms with E-state index in [-0.39, 0.29) is 29.9 Å². The molecule has 0 heterocycles. The summed E-state index contributed by atoms with van der Waals surface area (Å²) in [5.74, 6) is 0.163. The molecule has 1 unspecified atom stereocenters. The second-order valence-corrected chi connectivity index (χ2v) is 5.67. The number of likely N-dealkylation sites (N-methyl/N-ethyl adjacent to an activating group) is 1. The number of aromatic hydroxyl groups is 1. The molecule has 0 bridgehead atoms. The minimum absolute atomic E-state index is 0.0586. The van der Waals surface area contributed by atoms with Crippen molar-refractivity contribution in [3.05, 3.63) is 29.8 Å². The van der Waals surface area contributed by atoms with E-state index >= 15 is 0 Å². The minimum atomic E-state index is -0.321. The Morgan fingerprint density at radius 1 is 1.32 bits per heavy atom. The fourth-order valence-corrected chi connectivity index (χ4v) is 1.57. The van der Waals surface area contributed by atoms with Gasteiger partial charge in [0.15, 0.2) is 0 Å². The maximum absolute atomic E-state index is 12.0. The van der Waals surface area contributed by atoms with Crippen LogP contribution >= 0.6 is 0 Å². The molecule has 1 atom stereocenters. The molecule has 0 radical (unpaired) electrons. The molecule has 0 aromatic heterocycles. The number of phenols is 1. The van der Waals surface area contributed by atoms with Gasteiger partial charge in [0.25, 0.3) is 0 Å². The van der Waals surface area contributed by atoms with E-state index in [1.165, 1.54) is 0 Å². The van der Waals surface area contributed by atoms with Crippen LogP contribution in [0.2, 0.25) is 0 Å². The molecule has 1 rings (SSSR count). The van der Waals surface area contributed by atoms with Gasteiger partial charge in [0.05, 0.1) is 11.6 Å². The van der Waals surface area contributed by atoms with Crippen molar-refractivity contribution < 1.29 is 14.6 Å². The number of nitrogens with zero attached hydrogens (tertiary/aromatic N) is 1. The van der Waals surface area contributed by atoms with Crippen molar-refractivity contribution >= 4 is 5.91 Å². The van der Waals surface area contributed by atoms with Gasteiger partial charge in [-0.1, -0.05) is 12.1 Å². The van der Waals surface area contributed by atoms with E-state index in [1.807, 2.05) is 39.8 Å². The van der Waals surface area contributed by atoms with E-state index < -0.39 is 0 Å². The quantitative estimate of drug-likeness (QED) is 0.910. The van der Waals surface area contributed by atoms with Gasteiger partial charge in [-0.3, -0.25) is 4.79 Å². The molecule has 19 heavy (non-hydrogen) atoms. The number of hydrogen-bond donors (Lipinski definition) is 1. The predicted octanol–water partition coefficient (Wildman–Crippen LogP) is 2.73. The van der Waals surface area contributed by atoms with Crippen LogP contribution in [0.25, 0.3) is 0 Å². The first-order valence-electron chi connectivity index (χ1n) is 6.39. The highest BCUT2D eigenvalue weighted by molar-refractivity contribution is 5.77. The number of ether oxygens (including phenoxy) is 1. The van der Waals surface area contributed by atoms with Crippen LogP contribution < -0.4 is 0 Å². The van der Waals surface area contributed by atoms with Crippen LogP contribution in [0, 0.1) is 0 Å². The van der Waals surface area contributed by atoms with E-state index in [0.717, 1.165) is 5.56 Å². The summed E-state index contributed by atoms with van der Waals surface area (Å²) in [7, 11) is 1.76. The summed E-state index contributed by atoms with van der Waals surface area (Å²) in [5.41, 5.74) is 0.655. The number of carbonyl (C=O) groups excluding carboxylic acids is 1. The zero-order valence-corrected chi connectivity index (χ0v) is 12.3. The molecule has 1 aromatic rings. The standard InChI is InChI=1S/C15H23NO3/c1-11(12-6-8-13(17)9-7-12)16(5)14(18)10-19-15(2,3)4/h6-9,11,17H,10H2,1-5H3. The van der Waals surface area contributed by atoms with Crippen LogP contribution in [0.4, 0.5) is 0 Å². The van der Waals surface area contributed by atoms with Crippen LogP contribution in [0.15, 0.2) is 24.3 Å². The van der Waals surface area contributed by atoms with Gasteiger partial charge in [-0.15, -0.1) is 0 Å². The Balaban J connectivity index is 2.63. The first-order chi connectivity index (χ1) is 8.70. The van der Waals surface area contributed by atoms with E-state index in [0.29, 0.717) is 0 Å². The molecule has 0 fully saturated rings. The van der Waals surface area contributed by atoms with Crippen LogP contribution in [-0.4, -0.2) is 35.2 Å². The fraction of sp³-hybridized carbons (Fsp3) is 0.533. The molecule has 0 aliphatic rings. The second-order valence-electron chi connectivity index (χ2n) is 5.67. The van der Waals surface area contributed by atoms with Gasteiger partial charge in [0.1, 0.15) is 12.4 Å². The molecular weight excluding hydrogens is 242 g/mol. The van der Waals surface area contributed by atoms with Crippen LogP contribution in [-0.2, 0) is 9.53 Å². The van der Waals surface area contributed by atoms with Crippen molar-refractivity contribution in [1.29, 1.82) is 0 Å². The average Bonchev–Trinajstić information content (AvgIpc) is 2.34. The van der Waals surface area contributed by atoms with Gasteiger partial charge in [-0.05, 0) is 45.4 Å². The van der Waals surface area contributed by atoms with Crippen molar-refractivity contribution in [2.24, 2.45) is 0 Å². The van der Waals surface area contributed by atoms with Crippen LogP contribution in [0.3, 0.4) is 0 Å². The average molecular weight is 265 g/mol. The summed E-state index contributed by atoms with van der Waals surface area (Å²) in [4.78, 5) is 13.7. The smallest absolute Gasteiger partial charge is 0.248 e. The molecule has 0 saturated carbocycles. The zero-order chi connectivity index (χ0) is 14.6. The fourth-order valence-electron chi connectivity index (χ4n) is 1.57. The van der Waals surface area contributed by atoms with Crippen LogP contribution in [0.5, 0.6) is 5.75 Å². The lowest BCUT2D eigenvalue weighted by atomic mass is 10.1. The van der Waals surface area contributed by atoms with E-state index in [9.17, 15) is 9.90 Å². The highest BCUT2D eigenvalue weighted by Crippen LogP contribution is 2.21. The first kappa shape index (κ1) is 15.5. The number of hydrogen-bond acceptors (Lipinski definition) is 3. The van der Waals surface area contributed by atoms with Crippen molar-refractivity contribution in [2.75, 3.05) is 13.7 Å². The monoisotopic (exact) mass is 265 g/mol. The third kappa shape index (κ3) is 4.91. The van der Waals surface area contributed by atoms with Gasteiger partial charge in [0.2, 0.25) is 5.91 Å². The molecule has 0 aliphatic carbocycles. The van der Waals surface area contributed by atoms with Crippen molar-refractivity contribution in [1.82, 2.24) is 4.90 Å². The Morgan fingerprint density at radius 3 is 2.32 bits per heavy atom. The van der Waals surface area contributed by atoms with Crippen molar-refractivity contribution in [2.45, 2.75) is 39.3 Å². The first-order valence-corrected chi connectivity index (χ1v) is 6.39. The maximum Gasteiger partial charge on any atom is 0.248 e. The number of amides is 1. The topological polar surface area (TPSA) is 49.8 Å². The molecule has 4 nitrogen and oxygen atoms in total. The Labute approximate surface area is 115 Å². The Kier molecular flexibility index (Phi) is 4.95. The summed E-state index contributed by atoms with van der Waals surface area (Å²) >= 11 is 0. The molecule has 1 aromatic carbocycles. The Morgan fingerprint density at radius 2 is 1.84 bits per heavy atom. The largest absolute Gasteiger partial charge is 0.508 e. The lowest BCUT2D eigenvalue weighted by molar-refractivity contribution is -0.141. The van der Waals surface area contributed by atoms with Gasteiger partial charge in [-0.25, -0.2) is 0 Å². The third-order valence-electron chi connectivity index (χ3n) is 2.98. The highest BCUT2D eigenvalue weighted by Gasteiger charge is 2.20. The molecular formula is C15H23NO3. The lowest BCUT2D eigenvalue weighted by Crippen LogP contribution is -2.35. The molecule has 0 spiro atoms. The Bertz CT molecular complexity index is 420. The van der Waals surface area contributed by atoms with Crippen LogP contribution in [0.1, 0.15) is 39.3 Å². The number of phenolic OH excluding ortho intramolecular Hbond substituents is 1. The Hall–Kier alpha value is -1.55. The molecule has 0 saturated heterocycles. The SMILES string of the molecule is CC(c1ccc(O)cc1)N(C)C(=O)COC(C)(C)C. The molecule has 4 heteroatoms. The summed E-state index contributed by atoms with van der Waals surface area (Å²) in [5, 5.41) is 9.26. The number of carbonyl (C=O) groups is 1. The number of benzene rings is 1. The minimum Gasteiger partial charge on any atom is -0.508 e. The summed E-state index contributed by atoms with van der Waals surface area (Å²) in [6.45, 7) is 7.78. The third-order valence-corrected chi connectivity index (χ3v) is 2.98. The lowest BCUT2D eigenvalue weighted by Gasteiger charge is -2.27.